The molecular weight excluding hydrogens is 328 g/mol. The summed E-state index contributed by atoms with van der Waals surface area (Å²) in [4.78, 5) is 12.0. The van der Waals surface area contributed by atoms with E-state index in [2.05, 4.69) is 25.9 Å². The van der Waals surface area contributed by atoms with Gasteiger partial charge < -0.3 is 5.32 Å². The Balaban J connectivity index is 1.73. The van der Waals surface area contributed by atoms with Gasteiger partial charge in [0.15, 0.2) is 0 Å². The van der Waals surface area contributed by atoms with Crippen molar-refractivity contribution in [2.24, 2.45) is 0 Å². The summed E-state index contributed by atoms with van der Waals surface area (Å²) >= 11 is 5.89. The first-order chi connectivity index (χ1) is 11.0. The van der Waals surface area contributed by atoms with Gasteiger partial charge in [-0.2, -0.15) is 5.21 Å². The maximum absolute atomic E-state index is 14.1. The molecule has 122 valence electrons. The van der Waals surface area contributed by atoms with Gasteiger partial charge in [0.2, 0.25) is 5.82 Å². The molecule has 9 heteroatoms. The zero-order valence-electron chi connectivity index (χ0n) is 12.0. The molecule has 23 heavy (non-hydrogen) atoms. The van der Waals surface area contributed by atoms with E-state index in [4.69, 9.17) is 11.6 Å². The normalized spacial score (nSPS) is 20.8. The summed E-state index contributed by atoms with van der Waals surface area (Å²) in [5.41, 5.74) is 0.802. The fourth-order valence-electron chi connectivity index (χ4n) is 2.61. The Hall–Kier alpha value is -1.93. The predicted molar refractivity (Wildman–Crippen MR) is 79.2 cm³/mol. The van der Waals surface area contributed by atoms with E-state index < -0.39 is 18.0 Å². The highest BCUT2D eigenvalue weighted by Crippen LogP contribution is 2.26. The summed E-state index contributed by atoms with van der Waals surface area (Å²) in [5.74, 6) is -0.419. The van der Waals surface area contributed by atoms with Crippen LogP contribution in [0.4, 0.5) is 8.78 Å². The van der Waals surface area contributed by atoms with Crippen molar-refractivity contribution in [3.8, 4) is 11.4 Å². The van der Waals surface area contributed by atoms with Crippen LogP contribution >= 0.6 is 11.6 Å². The number of aromatic amines is 1. The topological polar surface area (TPSA) is 83.6 Å². The van der Waals surface area contributed by atoms with Crippen molar-refractivity contribution in [2.45, 2.75) is 31.5 Å². The fourth-order valence-corrected chi connectivity index (χ4v) is 2.85. The van der Waals surface area contributed by atoms with Crippen LogP contribution in [-0.4, -0.2) is 45.2 Å². The van der Waals surface area contributed by atoms with Crippen LogP contribution in [0, 0.1) is 5.82 Å². The van der Waals surface area contributed by atoms with Crippen LogP contribution in [0.25, 0.3) is 11.4 Å². The van der Waals surface area contributed by atoms with Gasteiger partial charge in [0.1, 0.15) is 17.8 Å². The number of H-pyrrole nitrogens is 1. The molecule has 2 aromatic rings. The number of hydrogen-bond acceptors (Lipinski definition) is 5. The lowest BCUT2D eigenvalue weighted by atomic mass is 10.00. The zero-order chi connectivity index (χ0) is 16.4. The summed E-state index contributed by atoms with van der Waals surface area (Å²) < 4.78 is 27.2. The molecule has 0 saturated carbocycles. The molecule has 3 rings (SSSR count). The smallest absolute Gasteiger partial charge is 0.204 e. The van der Waals surface area contributed by atoms with Gasteiger partial charge in [0.05, 0.1) is 11.1 Å². The highest BCUT2D eigenvalue weighted by atomic mass is 35.5. The van der Waals surface area contributed by atoms with Crippen molar-refractivity contribution in [1.29, 1.82) is 0 Å². The van der Waals surface area contributed by atoms with Gasteiger partial charge in [-0.3, -0.25) is 4.79 Å². The first kappa shape index (κ1) is 15.9. The zero-order valence-corrected chi connectivity index (χ0v) is 12.8. The van der Waals surface area contributed by atoms with Crippen molar-refractivity contribution < 1.29 is 13.6 Å². The molecule has 0 unspecified atom stereocenters. The second-order valence-corrected chi connectivity index (χ2v) is 5.83. The summed E-state index contributed by atoms with van der Waals surface area (Å²) in [5, 5.41) is 16.1. The van der Waals surface area contributed by atoms with Gasteiger partial charge in [-0.05, 0) is 29.3 Å². The SMILES string of the molecule is O=C(CCc1cc(-c2nn[nH]n2)cc(Cl)c1F)[C@@H]1C[C@@H](F)CN1. The minimum Gasteiger partial charge on any atom is -0.304 e. The maximum Gasteiger partial charge on any atom is 0.204 e. The number of hydrogen-bond donors (Lipinski definition) is 2. The lowest BCUT2D eigenvalue weighted by Crippen LogP contribution is -2.30. The maximum atomic E-state index is 14.1. The number of aryl methyl sites for hydroxylation is 1. The van der Waals surface area contributed by atoms with Crippen LogP contribution in [0.3, 0.4) is 0 Å². The van der Waals surface area contributed by atoms with E-state index in [9.17, 15) is 13.6 Å². The molecule has 2 N–H and O–H groups in total. The van der Waals surface area contributed by atoms with E-state index >= 15 is 0 Å². The number of nitrogens with zero attached hydrogens (tertiary/aromatic N) is 3. The molecule has 1 fully saturated rings. The third kappa shape index (κ3) is 3.53. The van der Waals surface area contributed by atoms with Crippen LogP contribution in [0.1, 0.15) is 18.4 Å². The van der Waals surface area contributed by atoms with Crippen LogP contribution in [-0.2, 0) is 11.2 Å². The van der Waals surface area contributed by atoms with Gasteiger partial charge in [0, 0.05) is 24.9 Å². The average molecular weight is 342 g/mol. The number of rotatable bonds is 5. The molecule has 0 amide bonds. The molecule has 6 nitrogen and oxygen atoms in total. The van der Waals surface area contributed by atoms with E-state index in [-0.39, 0.29) is 42.4 Å². The van der Waals surface area contributed by atoms with Crippen LogP contribution in [0.2, 0.25) is 5.02 Å². The molecular formula is C14H14ClF2N5O. The molecule has 0 aliphatic carbocycles. The van der Waals surface area contributed by atoms with Gasteiger partial charge in [-0.25, -0.2) is 8.78 Å². The Labute approximate surface area is 135 Å². The molecule has 1 aliphatic heterocycles. The Morgan fingerprint density at radius 3 is 2.91 bits per heavy atom. The number of ketones is 1. The summed E-state index contributed by atoms with van der Waals surface area (Å²) in [6, 6.07) is 2.45. The Morgan fingerprint density at radius 1 is 1.43 bits per heavy atom. The van der Waals surface area contributed by atoms with Gasteiger partial charge in [-0.1, -0.05) is 11.6 Å². The summed E-state index contributed by atoms with van der Waals surface area (Å²) in [6.07, 6.45) is -0.555. The number of alkyl halides is 1. The summed E-state index contributed by atoms with van der Waals surface area (Å²) in [6.45, 7) is 0.184. The Kier molecular flexibility index (Phi) is 4.63. The van der Waals surface area contributed by atoms with Crippen molar-refractivity contribution >= 4 is 17.4 Å². The van der Waals surface area contributed by atoms with E-state index in [0.717, 1.165) is 0 Å². The van der Waals surface area contributed by atoms with E-state index in [1.54, 1.807) is 6.07 Å². The van der Waals surface area contributed by atoms with E-state index in [1.165, 1.54) is 6.07 Å². The number of benzene rings is 1. The highest BCUT2D eigenvalue weighted by molar-refractivity contribution is 6.31. The minimum atomic E-state index is -1.00. The van der Waals surface area contributed by atoms with Crippen LogP contribution < -0.4 is 5.32 Å². The minimum absolute atomic E-state index is 0.0717. The molecule has 1 aromatic carbocycles. The van der Waals surface area contributed by atoms with E-state index in [0.29, 0.717) is 11.1 Å². The number of nitrogens with one attached hydrogen (secondary N) is 2. The molecule has 0 bridgehead atoms. The van der Waals surface area contributed by atoms with Crippen molar-refractivity contribution in [1.82, 2.24) is 25.9 Å². The second kappa shape index (κ2) is 6.67. The number of halogens is 3. The monoisotopic (exact) mass is 341 g/mol. The first-order valence-corrected chi connectivity index (χ1v) is 7.54. The van der Waals surface area contributed by atoms with Crippen molar-refractivity contribution in [3.63, 3.8) is 0 Å². The molecule has 1 saturated heterocycles. The quantitative estimate of drug-likeness (QED) is 0.867. The third-order valence-electron chi connectivity index (χ3n) is 3.81. The predicted octanol–water partition coefficient (Wildman–Crippen LogP) is 1.86. The molecule has 0 radical (unpaired) electrons. The number of carbonyl (C=O) groups is 1. The van der Waals surface area contributed by atoms with Crippen LogP contribution in [0.15, 0.2) is 12.1 Å². The third-order valence-corrected chi connectivity index (χ3v) is 4.09. The number of tetrazole rings is 1. The number of carbonyl (C=O) groups excluding carboxylic acids is 1. The van der Waals surface area contributed by atoms with Gasteiger partial charge in [0.25, 0.3) is 0 Å². The molecule has 1 aromatic heterocycles. The van der Waals surface area contributed by atoms with E-state index in [1.807, 2.05) is 0 Å². The average Bonchev–Trinajstić information content (AvgIpc) is 3.19. The lowest BCUT2D eigenvalue weighted by Gasteiger charge is -2.10. The molecule has 2 atom stereocenters. The summed E-state index contributed by atoms with van der Waals surface area (Å²) in [7, 11) is 0. The largest absolute Gasteiger partial charge is 0.304 e. The van der Waals surface area contributed by atoms with Crippen LogP contribution in [0.5, 0.6) is 0 Å². The Bertz CT molecular complexity index is 709. The van der Waals surface area contributed by atoms with Gasteiger partial charge in [-0.15, -0.1) is 10.2 Å². The number of Topliss-reactive ketones (excluding diaryl/α,β-unsaturated/α-hetero) is 1. The second-order valence-electron chi connectivity index (χ2n) is 5.43. The lowest BCUT2D eigenvalue weighted by molar-refractivity contribution is -0.120. The molecule has 2 heterocycles. The fraction of sp³-hybridized carbons (Fsp3) is 0.429. The molecule has 1 aliphatic rings. The number of aromatic nitrogens is 4. The molecule has 0 spiro atoms. The van der Waals surface area contributed by atoms with Crippen molar-refractivity contribution in [2.75, 3.05) is 6.54 Å². The first-order valence-electron chi connectivity index (χ1n) is 7.16. The Morgan fingerprint density at radius 2 is 2.26 bits per heavy atom. The van der Waals surface area contributed by atoms with Gasteiger partial charge >= 0.3 is 0 Å². The standard InChI is InChI=1S/C14H14ClF2N5O/c15-10-4-8(14-19-21-22-20-14)3-7(13(10)17)1-2-12(23)11-5-9(16)6-18-11/h3-4,9,11,18H,1-2,5-6H2,(H,19,20,21,22)/t9-,11+/m1/s1. The highest BCUT2D eigenvalue weighted by Gasteiger charge is 2.28. The van der Waals surface area contributed by atoms with Crippen molar-refractivity contribution in [3.05, 3.63) is 28.5 Å².